The average molecular weight is 270 g/mol. The summed E-state index contributed by atoms with van der Waals surface area (Å²) < 4.78 is 13.0. The Bertz CT molecular complexity index is 612. The van der Waals surface area contributed by atoms with Gasteiger partial charge in [-0.2, -0.15) is 0 Å². The summed E-state index contributed by atoms with van der Waals surface area (Å²) in [6.07, 6.45) is -0.228. The fraction of sp³-hybridized carbons (Fsp3) is 0.188. The SMILES string of the molecule is CN1C(=O)C(c2ccccc2)NC1c1ccc(F)cc1. The second kappa shape index (κ2) is 5.06. The van der Waals surface area contributed by atoms with E-state index >= 15 is 0 Å². The van der Waals surface area contributed by atoms with Crippen molar-refractivity contribution in [2.45, 2.75) is 12.2 Å². The highest BCUT2D eigenvalue weighted by Crippen LogP contribution is 2.31. The summed E-state index contributed by atoms with van der Waals surface area (Å²) in [6, 6.07) is 15.5. The number of hydrogen-bond donors (Lipinski definition) is 1. The number of amides is 1. The molecule has 3 rings (SSSR count). The Morgan fingerprint density at radius 3 is 2.30 bits per heavy atom. The molecule has 0 spiro atoms. The van der Waals surface area contributed by atoms with E-state index in [1.165, 1.54) is 12.1 Å². The highest BCUT2D eigenvalue weighted by atomic mass is 19.1. The summed E-state index contributed by atoms with van der Waals surface area (Å²) in [5.74, 6) is -0.258. The van der Waals surface area contributed by atoms with E-state index in [2.05, 4.69) is 5.32 Å². The Hall–Kier alpha value is -2.20. The van der Waals surface area contributed by atoms with Crippen molar-refractivity contribution >= 4 is 5.91 Å². The van der Waals surface area contributed by atoms with Gasteiger partial charge < -0.3 is 4.90 Å². The molecule has 3 nitrogen and oxygen atoms in total. The van der Waals surface area contributed by atoms with Crippen LogP contribution in [0.3, 0.4) is 0 Å². The van der Waals surface area contributed by atoms with E-state index < -0.39 is 0 Å². The first-order valence-corrected chi connectivity index (χ1v) is 6.50. The maximum atomic E-state index is 13.0. The van der Waals surface area contributed by atoms with Crippen molar-refractivity contribution < 1.29 is 9.18 Å². The number of nitrogens with one attached hydrogen (secondary N) is 1. The Kier molecular flexibility index (Phi) is 3.24. The predicted molar refractivity (Wildman–Crippen MR) is 74.2 cm³/mol. The van der Waals surface area contributed by atoms with Crippen molar-refractivity contribution in [2.75, 3.05) is 7.05 Å². The second-order valence-electron chi connectivity index (χ2n) is 4.91. The second-order valence-corrected chi connectivity index (χ2v) is 4.91. The number of benzene rings is 2. The van der Waals surface area contributed by atoms with Gasteiger partial charge in [-0.15, -0.1) is 0 Å². The van der Waals surface area contributed by atoms with Crippen LogP contribution < -0.4 is 5.32 Å². The number of nitrogens with zero attached hydrogens (tertiary/aromatic N) is 1. The van der Waals surface area contributed by atoms with Crippen LogP contribution in [-0.4, -0.2) is 17.9 Å². The van der Waals surface area contributed by atoms with Crippen LogP contribution >= 0.6 is 0 Å². The molecule has 2 atom stereocenters. The third kappa shape index (κ3) is 2.18. The number of carbonyl (C=O) groups excluding carboxylic acids is 1. The van der Waals surface area contributed by atoms with Gasteiger partial charge in [0.2, 0.25) is 5.91 Å². The first-order valence-electron chi connectivity index (χ1n) is 6.50. The molecule has 1 aliphatic rings. The van der Waals surface area contributed by atoms with Crippen LogP contribution in [-0.2, 0) is 4.79 Å². The van der Waals surface area contributed by atoms with E-state index in [0.29, 0.717) is 0 Å². The smallest absolute Gasteiger partial charge is 0.245 e. The lowest BCUT2D eigenvalue weighted by molar-refractivity contribution is -0.128. The highest BCUT2D eigenvalue weighted by molar-refractivity contribution is 5.85. The first-order chi connectivity index (χ1) is 9.66. The lowest BCUT2D eigenvalue weighted by atomic mass is 10.1. The predicted octanol–water partition coefficient (Wildman–Crippen LogP) is 2.63. The molecule has 0 saturated carbocycles. The summed E-state index contributed by atoms with van der Waals surface area (Å²) in [6.45, 7) is 0. The molecule has 0 radical (unpaired) electrons. The van der Waals surface area contributed by atoms with Crippen LogP contribution in [0.15, 0.2) is 54.6 Å². The van der Waals surface area contributed by atoms with Crippen molar-refractivity contribution in [3.63, 3.8) is 0 Å². The molecular formula is C16H15FN2O. The van der Waals surface area contributed by atoms with Crippen molar-refractivity contribution in [1.29, 1.82) is 0 Å². The summed E-state index contributed by atoms with van der Waals surface area (Å²) in [4.78, 5) is 14.0. The topological polar surface area (TPSA) is 32.3 Å². The van der Waals surface area contributed by atoms with Crippen molar-refractivity contribution in [3.8, 4) is 0 Å². The highest BCUT2D eigenvalue weighted by Gasteiger charge is 2.37. The molecule has 4 heteroatoms. The van der Waals surface area contributed by atoms with Crippen molar-refractivity contribution in [2.24, 2.45) is 0 Å². The Morgan fingerprint density at radius 2 is 1.65 bits per heavy atom. The molecule has 0 bridgehead atoms. The largest absolute Gasteiger partial charge is 0.324 e. The minimum Gasteiger partial charge on any atom is -0.324 e. The van der Waals surface area contributed by atoms with Crippen LogP contribution in [0.1, 0.15) is 23.3 Å². The van der Waals surface area contributed by atoms with Gasteiger partial charge in [0, 0.05) is 7.05 Å². The minimum absolute atomic E-state index is 0.0190. The number of carbonyl (C=O) groups is 1. The fourth-order valence-corrected chi connectivity index (χ4v) is 2.52. The van der Waals surface area contributed by atoms with E-state index in [4.69, 9.17) is 0 Å². The Morgan fingerprint density at radius 1 is 1.00 bits per heavy atom. The molecule has 1 N–H and O–H groups in total. The minimum atomic E-state index is -0.351. The number of likely N-dealkylation sites (N-methyl/N-ethyl adjacent to an activating group) is 1. The van der Waals surface area contributed by atoms with E-state index in [0.717, 1.165) is 11.1 Å². The molecule has 1 fully saturated rings. The van der Waals surface area contributed by atoms with Crippen LogP contribution in [0.2, 0.25) is 0 Å². The monoisotopic (exact) mass is 270 g/mol. The Labute approximate surface area is 117 Å². The van der Waals surface area contributed by atoms with Gasteiger partial charge in [0.25, 0.3) is 0 Å². The fourth-order valence-electron chi connectivity index (χ4n) is 2.52. The number of halogens is 1. The molecule has 0 aromatic heterocycles. The standard InChI is InChI=1S/C16H15FN2O/c1-19-15(12-7-9-13(17)10-8-12)18-14(16(19)20)11-5-3-2-4-6-11/h2-10,14-15,18H,1H3. The van der Waals surface area contributed by atoms with Crippen LogP contribution in [0.25, 0.3) is 0 Å². The van der Waals surface area contributed by atoms with Gasteiger partial charge in [-0.3, -0.25) is 10.1 Å². The van der Waals surface area contributed by atoms with E-state index in [1.54, 1.807) is 24.1 Å². The van der Waals surface area contributed by atoms with E-state index in [-0.39, 0.29) is 23.9 Å². The van der Waals surface area contributed by atoms with Gasteiger partial charge in [-0.05, 0) is 23.3 Å². The molecule has 2 unspecified atom stereocenters. The zero-order valence-corrected chi connectivity index (χ0v) is 11.1. The van der Waals surface area contributed by atoms with Crippen LogP contribution in [0.5, 0.6) is 0 Å². The molecule has 1 heterocycles. The number of rotatable bonds is 2. The van der Waals surface area contributed by atoms with Crippen LogP contribution in [0.4, 0.5) is 4.39 Å². The number of hydrogen-bond acceptors (Lipinski definition) is 2. The van der Waals surface area contributed by atoms with Crippen molar-refractivity contribution in [3.05, 3.63) is 71.5 Å². The van der Waals surface area contributed by atoms with Gasteiger partial charge >= 0.3 is 0 Å². The average Bonchev–Trinajstić information content (AvgIpc) is 2.77. The molecule has 1 aliphatic heterocycles. The van der Waals surface area contributed by atoms with E-state index in [9.17, 15) is 9.18 Å². The van der Waals surface area contributed by atoms with Gasteiger partial charge in [-0.25, -0.2) is 4.39 Å². The third-order valence-electron chi connectivity index (χ3n) is 3.63. The molecule has 0 aliphatic carbocycles. The summed E-state index contributed by atoms with van der Waals surface area (Å²) in [5.41, 5.74) is 1.81. The zero-order valence-electron chi connectivity index (χ0n) is 11.1. The zero-order chi connectivity index (χ0) is 14.1. The molecule has 102 valence electrons. The molecule has 2 aromatic carbocycles. The third-order valence-corrected chi connectivity index (χ3v) is 3.63. The Balaban J connectivity index is 1.89. The lowest BCUT2D eigenvalue weighted by Crippen LogP contribution is -2.25. The van der Waals surface area contributed by atoms with Gasteiger partial charge in [0.1, 0.15) is 18.0 Å². The maximum absolute atomic E-state index is 13.0. The van der Waals surface area contributed by atoms with Crippen LogP contribution in [0, 0.1) is 5.82 Å². The quantitative estimate of drug-likeness (QED) is 0.909. The summed E-state index contributed by atoms with van der Waals surface area (Å²) in [5, 5.41) is 3.30. The maximum Gasteiger partial charge on any atom is 0.245 e. The van der Waals surface area contributed by atoms with Gasteiger partial charge in [-0.1, -0.05) is 42.5 Å². The molecule has 20 heavy (non-hydrogen) atoms. The molecular weight excluding hydrogens is 255 g/mol. The molecule has 1 saturated heterocycles. The van der Waals surface area contributed by atoms with E-state index in [1.807, 2.05) is 30.3 Å². The van der Waals surface area contributed by atoms with Gasteiger partial charge in [0.05, 0.1) is 0 Å². The summed E-state index contributed by atoms with van der Waals surface area (Å²) in [7, 11) is 1.76. The molecule has 1 amide bonds. The first kappa shape index (κ1) is 12.8. The van der Waals surface area contributed by atoms with Gasteiger partial charge in [0.15, 0.2) is 0 Å². The normalized spacial score (nSPS) is 22.3. The molecule has 2 aromatic rings. The summed E-state index contributed by atoms with van der Waals surface area (Å²) >= 11 is 0. The van der Waals surface area contributed by atoms with Crippen molar-refractivity contribution in [1.82, 2.24) is 10.2 Å². The lowest BCUT2D eigenvalue weighted by Gasteiger charge is -2.19.